The van der Waals surface area contributed by atoms with Crippen molar-refractivity contribution in [2.45, 2.75) is 39.7 Å². The molecule has 0 atom stereocenters. The van der Waals surface area contributed by atoms with Gasteiger partial charge in [-0.3, -0.25) is 4.79 Å². The summed E-state index contributed by atoms with van der Waals surface area (Å²) in [5.74, 6) is 0.285. The van der Waals surface area contributed by atoms with Gasteiger partial charge < -0.3 is 10.2 Å². The second kappa shape index (κ2) is 9.56. The summed E-state index contributed by atoms with van der Waals surface area (Å²) in [6.45, 7) is 7.58. The first-order valence-corrected chi connectivity index (χ1v) is 7.30. The van der Waals surface area contributed by atoms with Crippen LogP contribution in [0, 0.1) is 0 Å². The fourth-order valence-corrected chi connectivity index (χ4v) is 2.09. The second-order valence-corrected chi connectivity index (χ2v) is 4.69. The molecule has 0 aliphatic rings. The van der Waals surface area contributed by atoms with Gasteiger partial charge in [0.15, 0.2) is 0 Å². The lowest BCUT2D eigenvalue weighted by molar-refractivity contribution is -0.130. The third-order valence-corrected chi connectivity index (χ3v) is 3.28. The molecule has 3 nitrogen and oxygen atoms in total. The average molecular weight is 262 g/mol. The molecule has 0 saturated carbocycles. The van der Waals surface area contributed by atoms with Crippen molar-refractivity contribution in [1.29, 1.82) is 0 Å². The van der Waals surface area contributed by atoms with E-state index in [1.165, 1.54) is 5.56 Å². The summed E-state index contributed by atoms with van der Waals surface area (Å²) in [4.78, 5) is 13.7. The van der Waals surface area contributed by atoms with Crippen molar-refractivity contribution in [3.63, 3.8) is 0 Å². The van der Waals surface area contributed by atoms with Gasteiger partial charge in [0, 0.05) is 26.1 Å². The molecule has 19 heavy (non-hydrogen) atoms. The van der Waals surface area contributed by atoms with Crippen LogP contribution in [0.4, 0.5) is 0 Å². The van der Waals surface area contributed by atoms with E-state index in [0.29, 0.717) is 6.42 Å². The Balaban J connectivity index is 2.04. The van der Waals surface area contributed by atoms with E-state index < -0.39 is 0 Å². The Morgan fingerprint density at radius 3 is 2.42 bits per heavy atom. The van der Waals surface area contributed by atoms with E-state index in [1.54, 1.807) is 0 Å². The summed E-state index contributed by atoms with van der Waals surface area (Å²) in [6, 6.07) is 10.4. The van der Waals surface area contributed by atoms with Crippen molar-refractivity contribution in [1.82, 2.24) is 10.2 Å². The van der Waals surface area contributed by atoms with Crippen molar-refractivity contribution in [2.24, 2.45) is 0 Å². The van der Waals surface area contributed by atoms with Crippen LogP contribution in [0.1, 0.15) is 38.7 Å². The molecule has 0 fully saturated rings. The van der Waals surface area contributed by atoms with Gasteiger partial charge in [-0.1, -0.05) is 30.3 Å². The Hall–Kier alpha value is -1.35. The molecule has 1 amide bonds. The Kier molecular flexibility index (Phi) is 7.91. The molecule has 1 aromatic rings. The highest BCUT2D eigenvalue weighted by molar-refractivity contribution is 5.76. The highest BCUT2D eigenvalue weighted by atomic mass is 16.2. The number of carbonyl (C=O) groups excluding carboxylic acids is 1. The summed E-state index contributed by atoms with van der Waals surface area (Å²) < 4.78 is 0. The normalized spacial score (nSPS) is 10.4. The molecule has 3 heteroatoms. The molecule has 0 bridgehead atoms. The molecule has 1 rings (SSSR count). The number of hydrogen-bond acceptors (Lipinski definition) is 2. The maximum Gasteiger partial charge on any atom is 0.222 e. The van der Waals surface area contributed by atoms with E-state index in [1.807, 2.05) is 24.8 Å². The van der Waals surface area contributed by atoms with Gasteiger partial charge in [0.05, 0.1) is 0 Å². The molecular weight excluding hydrogens is 236 g/mol. The van der Waals surface area contributed by atoms with Crippen LogP contribution in [-0.4, -0.2) is 30.4 Å². The molecule has 0 radical (unpaired) electrons. The van der Waals surface area contributed by atoms with Crippen LogP contribution in [0.3, 0.4) is 0 Å². The molecule has 0 aliphatic heterocycles. The van der Waals surface area contributed by atoms with E-state index >= 15 is 0 Å². The number of hydrogen-bond donors (Lipinski definition) is 1. The van der Waals surface area contributed by atoms with Crippen LogP contribution in [-0.2, 0) is 11.3 Å². The van der Waals surface area contributed by atoms with E-state index in [2.05, 4.69) is 29.6 Å². The van der Waals surface area contributed by atoms with Gasteiger partial charge in [-0.2, -0.15) is 0 Å². The van der Waals surface area contributed by atoms with Gasteiger partial charge in [0.2, 0.25) is 5.91 Å². The molecule has 106 valence electrons. The molecule has 1 aromatic carbocycles. The summed E-state index contributed by atoms with van der Waals surface area (Å²) in [7, 11) is 0. The minimum atomic E-state index is 0.285. The lowest BCUT2D eigenvalue weighted by Gasteiger charge is -2.18. The number of amides is 1. The first kappa shape index (κ1) is 15.7. The molecule has 0 unspecified atom stereocenters. The fourth-order valence-electron chi connectivity index (χ4n) is 2.09. The van der Waals surface area contributed by atoms with E-state index in [-0.39, 0.29) is 5.91 Å². The lowest BCUT2D eigenvalue weighted by atomic mass is 10.2. The number of rotatable bonds is 9. The third-order valence-electron chi connectivity index (χ3n) is 3.28. The maximum atomic E-state index is 11.8. The molecule has 0 aliphatic carbocycles. The van der Waals surface area contributed by atoms with Gasteiger partial charge in [0.1, 0.15) is 0 Å². The zero-order valence-electron chi connectivity index (χ0n) is 12.2. The Bertz CT molecular complexity index is 347. The second-order valence-electron chi connectivity index (χ2n) is 4.69. The van der Waals surface area contributed by atoms with Crippen LogP contribution in [0.5, 0.6) is 0 Å². The Morgan fingerprint density at radius 1 is 1.11 bits per heavy atom. The quantitative estimate of drug-likeness (QED) is 0.694. The van der Waals surface area contributed by atoms with Crippen molar-refractivity contribution in [3.05, 3.63) is 35.9 Å². The zero-order valence-corrected chi connectivity index (χ0v) is 12.2. The monoisotopic (exact) mass is 262 g/mol. The number of unbranched alkanes of at least 4 members (excludes halogenated alkanes) is 1. The topological polar surface area (TPSA) is 32.3 Å². The van der Waals surface area contributed by atoms with Crippen LogP contribution >= 0.6 is 0 Å². The molecule has 1 N–H and O–H groups in total. The minimum Gasteiger partial charge on any atom is -0.343 e. The highest BCUT2D eigenvalue weighted by Gasteiger charge is 2.07. The van der Waals surface area contributed by atoms with Crippen molar-refractivity contribution < 1.29 is 4.79 Å². The van der Waals surface area contributed by atoms with Crippen LogP contribution < -0.4 is 5.32 Å². The van der Waals surface area contributed by atoms with Gasteiger partial charge in [0.25, 0.3) is 0 Å². The largest absolute Gasteiger partial charge is 0.343 e. The molecule has 0 saturated heterocycles. The van der Waals surface area contributed by atoms with E-state index in [9.17, 15) is 4.79 Å². The van der Waals surface area contributed by atoms with Crippen LogP contribution in [0.15, 0.2) is 30.3 Å². The smallest absolute Gasteiger partial charge is 0.222 e. The van der Waals surface area contributed by atoms with Gasteiger partial charge in [-0.15, -0.1) is 0 Å². The Labute approximate surface area is 117 Å². The standard InChI is InChI=1S/C16H26N2O/c1-3-18(4-2)16(19)12-8-9-13-17-14-15-10-6-5-7-11-15/h5-7,10-11,17H,3-4,8-9,12-14H2,1-2H3. The predicted molar refractivity (Wildman–Crippen MR) is 79.9 cm³/mol. The van der Waals surface area contributed by atoms with Crippen LogP contribution in [0.2, 0.25) is 0 Å². The third kappa shape index (κ3) is 6.39. The lowest BCUT2D eigenvalue weighted by Crippen LogP contribution is -2.30. The van der Waals surface area contributed by atoms with Crippen molar-refractivity contribution in [3.8, 4) is 0 Å². The first-order valence-electron chi connectivity index (χ1n) is 7.30. The predicted octanol–water partition coefficient (Wildman–Crippen LogP) is 2.81. The van der Waals surface area contributed by atoms with Gasteiger partial charge >= 0.3 is 0 Å². The summed E-state index contributed by atoms with van der Waals surface area (Å²) in [5, 5.41) is 3.41. The number of carbonyl (C=O) groups is 1. The maximum absolute atomic E-state index is 11.8. The van der Waals surface area contributed by atoms with Gasteiger partial charge in [-0.05, 0) is 38.8 Å². The number of benzene rings is 1. The Morgan fingerprint density at radius 2 is 1.79 bits per heavy atom. The minimum absolute atomic E-state index is 0.285. The summed E-state index contributed by atoms with van der Waals surface area (Å²) in [6.07, 6.45) is 2.70. The average Bonchev–Trinajstić information content (AvgIpc) is 2.45. The van der Waals surface area contributed by atoms with Crippen molar-refractivity contribution >= 4 is 5.91 Å². The van der Waals surface area contributed by atoms with Gasteiger partial charge in [-0.25, -0.2) is 0 Å². The molecule has 0 aromatic heterocycles. The van der Waals surface area contributed by atoms with E-state index in [0.717, 1.165) is 39.0 Å². The first-order chi connectivity index (χ1) is 9.27. The SMILES string of the molecule is CCN(CC)C(=O)CCCCNCc1ccccc1. The zero-order chi connectivity index (χ0) is 13.9. The molecule has 0 spiro atoms. The van der Waals surface area contributed by atoms with Crippen LogP contribution in [0.25, 0.3) is 0 Å². The number of nitrogens with one attached hydrogen (secondary N) is 1. The van der Waals surface area contributed by atoms with E-state index in [4.69, 9.17) is 0 Å². The summed E-state index contributed by atoms with van der Waals surface area (Å²) >= 11 is 0. The molecular formula is C16H26N2O. The molecule has 0 heterocycles. The van der Waals surface area contributed by atoms with Crippen molar-refractivity contribution in [2.75, 3.05) is 19.6 Å². The number of nitrogens with zero attached hydrogens (tertiary/aromatic N) is 1. The fraction of sp³-hybridized carbons (Fsp3) is 0.562. The summed E-state index contributed by atoms with van der Waals surface area (Å²) in [5.41, 5.74) is 1.31. The highest BCUT2D eigenvalue weighted by Crippen LogP contribution is 2.01.